The van der Waals surface area contributed by atoms with E-state index in [0.29, 0.717) is 18.8 Å². The van der Waals surface area contributed by atoms with Crippen molar-refractivity contribution in [3.05, 3.63) is 72.5 Å². The van der Waals surface area contributed by atoms with Crippen molar-refractivity contribution in [1.82, 2.24) is 4.90 Å². The fourth-order valence-electron chi connectivity index (χ4n) is 4.00. The minimum absolute atomic E-state index is 0.00611. The van der Waals surface area contributed by atoms with Crippen LogP contribution in [-0.4, -0.2) is 31.0 Å². The van der Waals surface area contributed by atoms with Crippen LogP contribution in [0.15, 0.2) is 71.4 Å². The van der Waals surface area contributed by atoms with E-state index < -0.39 is 0 Å². The van der Waals surface area contributed by atoms with E-state index in [0.717, 1.165) is 33.2 Å². The number of allylic oxidation sites excluding steroid dienone is 1. The van der Waals surface area contributed by atoms with Crippen LogP contribution in [0.1, 0.15) is 26.3 Å². The quantitative estimate of drug-likeness (QED) is 0.337. The first-order chi connectivity index (χ1) is 15.0. The molecular weight excluding hydrogens is 386 g/mol. The standard InChI is InChI=1S/C27H27NO3/c1-5-28(6-2)27(29)13-18(3)22-15-23-24(17-31-26(23)16-25(22)30-4)21-12-11-19-9-7-8-10-20(19)14-21/h7-17H,5-6H2,1-4H3/b18-13+. The van der Waals surface area contributed by atoms with Gasteiger partial charge in [-0.05, 0) is 54.8 Å². The summed E-state index contributed by atoms with van der Waals surface area (Å²) in [5.41, 5.74) is 4.62. The van der Waals surface area contributed by atoms with Gasteiger partial charge in [0.25, 0.3) is 0 Å². The van der Waals surface area contributed by atoms with Crippen molar-refractivity contribution in [1.29, 1.82) is 0 Å². The van der Waals surface area contributed by atoms with Gasteiger partial charge in [0.05, 0.1) is 13.4 Å². The zero-order chi connectivity index (χ0) is 22.0. The van der Waals surface area contributed by atoms with Crippen LogP contribution in [0.3, 0.4) is 0 Å². The smallest absolute Gasteiger partial charge is 0.246 e. The second-order valence-corrected chi connectivity index (χ2v) is 7.60. The number of hydrogen-bond donors (Lipinski definition) is 0. The largest absolute Gasteiger partial charge is 0.496 e. The Labute approximate surface area is 182 Å². The molecular formula is C27H27NO3. The van der Waals surface area contributed by atoms with Gasteiger partial charge < -0.3 is 14.1 Å². The zero-order valence-corrected chi connectivity index (χ0v) is 18.4. The summed E-state index contributed by atoms with van der Waals surface area (Å²) in [6.07, 6.45) is 3.48. The lowest BCUT2D eigenvalue weighted by molar-refractivity contribution is -0.125. The van der Waals surface area contributed by atoms with E-state index in [2.05, 4.69) is 36.4 Å². The number of amides is 1. The molecule has 158 valence electrons. The number of rotatable bonds is 6. The van der Waals surface area contributed by atoms with Crippen LogP contribution in [0.2, 0.25) is 0 Å². The van der Waals surface area contributed by atoms with Gasteiger partial charge in [0, 0.05) is 41.7 Å². The summed E-state index contributed by atoms with van der Waals surface area (Å²) in [5.74, 6) is 0.694. The predicted molar refractivity (Wildman–Crippen MR) is 127 cm³/mol. The molecule has 0 saturated heterocycles. The highest BCUT2D eigenvalue weighted by molar-refractivity contribution is 6.01. The normalized spacial score (nSPS) is 11.8. The van der Waals surface area contributed by atoms with Crippen LogP contribution in [0.25, 0.3) is 38.4 Å². The van der Waals surface area contributed by atoms with Crippen molar-refractivity contribution in [2.24, 2.45) is 0 Å². The molecule has 1 aromatic heterocycles. The Hall–Kier alpha value is -3.53. The molecule has 0 aliphatic carbocycles. The van der Waals surface area contributed by atoms with Gasteiger partial charge in [0.1, 0.15) is 11.3 Å². The first-order valence-corrected chi connectivity index (χ1v) is 10.6. The second-order valence-electron chi connectivity index (χ2n) is 7.60. The SMILES string of the molecule is CCN(CC)C(=O)/C=C(\C)c1cc2c(-c3ccc4ccccc4c3)coc2cc1OC. The molecule has 0 bridgehead atoms. The maximum absolute atomic E-state index is 12.6. The molecule has 1 heterocycles. The average Bonchev–Trinajstić information content (AvgIpc) is 3.21. The maximum atomic E-state index is 12.6. The van der Waals surface area contributed by atoms with Gasteiger partial charge in [-0.15, -0.1) is 0 Å². The van der Waals surface area contributed by atoms with Crippen LogP contribution in [0.5, 0.6) is 5.75 Å². The Morgan fingerprint density at radius 3 is 2.48 bits per heavy atom. The van der Waals surface area contributed by atoms with Gasteiger partial charge in [-0.3, -0.25) is 4.79 Å². The van der Waals surface area contributed by atoms with Crippen molar-refractivity contribution in [3.8, 4) is 16.9 Å². The zero-order valence-electron chi connectivity index (χ0n) is 18.4. The van der Waals surface area contributed by atoms with Gasteiger partial charge in [-0.25, -0.2) is 0 Å². The first-order valence-electron chi connectivity index (χ1n) is 10.6. The highest BCUT2D eigenvalue weighted by Crippen LogP contribution is 2.38. The highest BCUT2D eigenvalue weighted by atomic mass is 16.5. The molecule has 4 aromatic rings. The molecule has 0 aliphatic heterocycles. The Kier molecular flexibility index (Phi) is 5.81. The van der Waals surface area contributed by atoms with E-state index in [9.17, 15) is 4.79 Å². The molecule has 1 amide bonds. The number of nitrogens with zero attached hydrogens (tertiary/aromatic N) is 1. The van der Waals surface area contributed by atoms with Gasteiger partial charge in [-0.2, -0.15) is 0 Å². The summed E-state index contributed by atoms with van der Waals surface area (Å²) < 4.78 is 11.5. The summed E-state index contributed by atoms with van der Waals surface area (Å²) >= 11 is 0. The number of hydrogen-bond acceptors (Lipinski definition) is 3. The molecule has 0 aliphatic rings. The Bertz CT molecular complexity index is 1280. The lowest BCUT2D eigenvalue weighted by Gasteiger charge is -2.17. The lowest BCUT2D eigenvalue weighted by Crippen LogP contribution is -2.28. The summed E-state index contributed by atoms with van der Waals surface area (Å²) in [4.78, 5) is 14.4. The molecule has 3 aromatic carbocycles. The van der Waals surface area contributed by atoms with E-state index in [1.54, 1.807) is 24.3 Å². The fourth-order valence-corrected chi connectivity index (χ4v) is 4.00. The highest BCUT2D eigenvalue weighted by Gasteiger charge is 2.16. The van der Waals surface area contributed by atoms with Crippen LogP contribution in [-0.2, 0) is 4.79 Å². The Balaban J connectivity index is 1.82. The molecule has 0 saturated carbocycles. The van der Waals surface area contributed by atoms with Crippen LogP contribution in [0, 0.1) is 0 Å². The number of benzene rings is 3. The number of carbonyl (C=O) groups is 1. The second kappa shape index (κ2) is 8.68. The van der Waals surface area contributed by atoms with Gasteiger partial charge in [0.2, 0.25) is 5.91 Å². The lowest BCUT2D eigenvalue weighted by atomic mass is 9.97. The van der Waals surface area contributed by atoms with Crippen LogP contribution >= 0.6 is 0 Å². The number of likely N-dealkylation sites (N-methyl/N-ethyl adjacent to an activating group) is 1. The van der Waals surface area contributed by atoms with E-state index >= 15 is 0 Å². The monoisotopic (exact) mass is 413 g/mol. The first kappa shape index (κ1) is 20.7. The third-order valence-electron chi connectivity index (χ3n) is 5.80. The molecule has 4 heteroatoms. The molecule has 0 radical (unpaired) electrons. The topological polar surface area (TPSA) is 42.7 Å². The minimum atomic E-state index is 0.00611. The van der Waals surface area contributed by atoms with Crippen molar-refractivity contribution < 1.29 is 13.9 Å². The van der Waals surface area contributed by atoms with E-state index in [1.165, 1.54) is 10.8 Å². The number of ether oxygens (including phenoxy) is 1. The Morgan fingerprint density at radius 1 is 1.03 bits per heavy atom. The van der Waals surface area contributed by atoms with E-state index in [4.69, 9.17) is 9.15 Å². The van der Waals surface area contributed by atoms with Gasteiger partial charge in [0.15, 0.2) is 0 Å². The average molecular weight is 414 g/mol. The van der Waals surface area contributed by atoms with Gasteiger partial charge >= 0.3 is 0 Å². The summed E-state index contributed by atoms with van der Waals surface area (Å²) in [6.45, 7) is 7.28. The molecule has 0 fully saturated rings. The third-order valence-corrected chi connectivity index (χ3v) is 5.80. The molecule has 0 N–H and O–H groups in total. The molecule has 0 unspecified atom stereocenters. The predicted octanol–water partition coefficient (Wildman–Crippen LogP) is 6.53. The summed E-state index contributed by atoms with van der Waals surface area (Å²) in [6, 6.07) is 18.7. The van der Waals surface area contributed by atoms with Crippen molar-refractivity contribution in [2.75, 3.05) is 20.2 Å². The molecule has 4 nitrogen and oxygen atoms in total. The summed E-state index contributed by atoms with van der Waals surface area (Å²) in [5, 5.41) is 3.38. The third kappa shape index (κ3) is 3.93. The van der Waals surface area contributed by atoms with E-state index in [1.807, 2.05) is 39.0 Å². The van der Waals surface area contributed by atoms with Crippen molar-refractivity contribution in [2.45, 2.75) is 20.8 Å². The Morgan fingerprint density at radius 2 is 1.77 bits per heavy atom. The van der Waals surface area contributed by atoms with E-state index in [-0.39, 0.29) is 5.91 Å². The molecule has 0 spiro atoms. The number of furan rings is 1. The molecule has 0 atom stereocenters. The minimum Gasteiger partial charge on any atom is -0.496 e. The molecule has 4 rings (SSSR count). The van der Waals surface area contributed by atoms with Crippen molar-refractivity contribution >= 4 is 33.2 Å². The number of fused-ring (bicyclic) bond motifs is 2. The maximum Gasteiger partial charge on any atom is 0.246 e. The van der Waals surface area contributed by atoms with Crippen molar-refractivity contribution in [3.63, 3.8) is 0 Å². The van der Waals surface area contributed by atoms with Crippen LogP contribution < -0.4 is 4.74 Å². The summed E-state index contributed by atoms with van der Waals surface area (Å²) in [7, 11) is 1.64. The van der Waals surface area contributed by atoms with Crippen LogP contribution in [0.4, 0.5) is 0 Å². The number of methoxy groups -OCH3 is 1. The number of carbonyl (C=O) groups excluding carboxylic acids is 1. The molecule has 31 heavy (non-hydrogen) atoms. The fraction of sp³-hybridized carbons (Fsp3) is 0.222. The van der Waals surface area contributed by atoms with Gasteiger partial charge in [-0.1, -0.05) is 36.4 Å².